The highest BCUT2D eigenvalue weighted by Crippen LogP contribution is 2.33. The van der Waals surface area contributed by atoms with Crippen LogP contribution in [0.5, 0.6) is 0 Å². The SMILES string of the molecule is CNC(CCC1CCCC1)c1cc2cccc(C)c2o1. The highest BCUT2D eigenvalue weighted by molar-refractivity contribution is 5.80. The summed E-state index contributed by atoms with van der Waals surface area (Å²) in [6.45, 7) is 2.11. The van der Waals surface area contributed by atoms with Gasteiger partial charge in [-0.1, -0.05) is 43.9 Å². The van der Waals surface area contributed by atoms with Gasteiger partial charge in [0.25, 0.3) is 0 Å². The molecule has 1 heterocycles. The minimum absolute atomic E-state index is 0.349. The van der Waals surface area contributed by atoms with Crippen LogP contribution in [0.3, 0.4) is 0 Å². The molecule has 2 aromatic rings. The van der Waals surface area contributed by atoms with Crippen molar-refractivity contribution >= 4 is 11.0 Å². The van der Waals surface area contributed by atoms with Crippen molar-refractivity contribution in [2.75, 3.05) is 7.05 Å². The number of hydrogen-bond donors (Lipinski definition) is 1. The van der Waals surface area contributed by atoms with Crippen LogP contribution in [0.1, 0.15) is 55.9 Å². The maximum atomic E-state index is 6.10. The molecule has 0 radical (unpaired) electrons. The molecule has 108 valence electrons. The minimum Gasteiger partial charge on any atom is -0.459 e. The van der Waals surface area contributed by atoms with Crippen LogP contribution in [0.4, 0.5) is 0 Å². The van der Waals surface area contributed by atoms with Gasteiger partial charge in [-0.25, -0.2) is 0 Å². The summed E-state index contributed by atoms with van der Waals surface area (Å²) >= 11 is 0. The van der Waals surface area contributed by atoms with E-state index in [2.05, 4.69) is 36.5 Å². The number of rotatable bonds is 5. The number of para-hydroxylation sites is 1. The quantitative estimate of drug-likeness (QED) is 0.830. The second-order valence-electron chi connectivity index (χ2n) is 6.21. The Morgan fingerprint density at radius 2 is 2.10 bits per heavy atom. The Kier molecular flexibility index (Phi) is 4.11. The molecular formula is C18H25NO. The van der Waals surface area contributed by atoms with Crippen molar-refractivity contribution in [3.63, 3.8) is 0 Å². The normalized spacial score (nSPS) is 17.9. The predicted octanol–water partition coefficient (Wildman–Crippen LogP) is 4.97. The number of nitrogens with one attached hydrogen (secondary N) is 1. The average Bonchev–Trinajstić information content (AvgIpc) is 3.09. The fourth-order valence-corrected chi connectivity index (χ4v) is 3.53. The third kappa shape index (κ3) is 2.76. The highest BCUT2D eigenvalue weighted by Gasteiger charge is 2.20. The average molecular weight is 271 g/mol. The van der Waals surface area contributed by atoms with Crippen molar-refractivity contribution in [1.82, 2.24) is 5.32 Å². The van der Waals surface area contributed by atoms with Gasteiger partial charge in [0.1, 0.15) is 11.3 Å². The molecular weight excluding hydrogens is 246 g/mol. The van der Waals surface area contributed by atoms with Gasteiger partial charge in [0, 0.05) is 5.39 Å². The summed E-state index contributed by atoms with van der Waals surface area (Å²) in [5, 5.41) is 4.65. The Morgan fingerprint density at radius 1 is 1.30 bits per heavy atom. The zero-order valence-corrected chi connectivity index (χ0v) is 12.6. The molecule has 1 saturated carbocycles. The molecule has 0 saturated heterocycles. The molecule has 1 aromatic heterocycles. The fourth-order valence-electron chi connectivity index (χ4n) is 3.53. The van der Waals surface area contributed by atoms with Crippen molar-refractivity contribution in [2.45, 2.75) is 51.5 Å². The summed E-state index contributed by atoms with van der Waals surface area (Å²) in [5.41, 5.74) is 2.27. The number of hydrogen-bond acceptors (Lipinski definition) is 2. The molecule has 1 fully saturated rings. The Balaban J connectivity index is 1.74. The van der Waals surface area contributed by atoms with Crippen LogP contribution in [0.15, 0.2) is 28.7 Å². The number of aryl methyl sites for hydroxylation is 1. The first kappa shape index (κ1) is 13.7. The Morgan fingerprint density at radius 3 is 2.80 bits per heavy atom. The van der Waals surface area contributed by atoms with E-state index in [1.54, 1.807) is 0 Å². The van der Waals surface area contributed by atoms with Gasteiger partial charge in [0.2, 0.25) is 0 Å². The molecule has 1 aromatic carbocycles. The van der Waals surface area contributed by atoms with Crippen LogP contribution in [0.2, 0.25) is 0 Å². The second-order valence-corrected chi connectivity index (χ2v) is 6.21. The molecule has 1 N–H and O–H groups in total. The standard InChI is InChI=1S/C18H25NO/c1-13-6-5-9-15-12-17(20-18(13)15)16(19-2)11-10-14-7-3-4-8-14/h5-6,9,12,14,16,19H,3-4,7-8,10-11H2,1-2H3. The van der Waals surface area contributed by atoms with Crippen molar-refractivity contribution in [3.8, 4) is 0 Å². The first-order valence-corrected chi connectivity index (χ1v) is 7.94. The second kappa shape index (κ2) is 6.01. The van der Waals surface area contributed by atoms with Crippen LogP contribution in [-0.2, 0) is 0 Å². The molecule has 1 aliphatic carbocycles. The summed E-state index contributed by atoms with van der Waals surface area (Å²) in [6, 6.07) is 8.91. The van der Waals surface area contributed by atoms with E-state index in [9.17, 15) is 0 Å². The lowest BCUT2D eigenvalue weighted by Gasteiger charge is -2.16. The highest BCUT2D eigenvalue weighted by atomic mass is 16.3. The molecule has 1 unspecified atom stereocenters. The minimum atomic E-state index is 0.349. The van der Waals surface area contributed by atoms with Gasteiger partial charge in [-0.05, 0) is 44.4 Å². The molecule has 2 nitrogen and oxygen atoms in total. The lowest BCUT2D eigenvalue weighted by molar-refractivity contribution is 0.383. The lowest BCUT2D eigenvalue weighted by Crippen LogP contribution is -2.16. The van der Waals surface area contributed by atoms with E-state index in [0.29, 0.717) is 6.04 Å². The Labute approximate surface area is 121 Å². The first-order chi connectivity index (χ1) is 9.78. The molecule has 0 bridgehead atoms. The van der Waals surface area contributed by atoms with Gasteiger partial charge in [-0.2, -0.15) is 0 Å². The predicted molar refractivity (Wildman–Crippen MR) is 83.9 cm³/mol. The fraction of sp³-hybridized carbons (Fsp3) is 0.556. The molecule has 20 heavy (non-hydrogen) atoms. The van der Waals surface area contributed by atoms with Gasteiger partial charge in [-0.3, -0.25) is 0 Å². The molecule has 2 heteroatoms. The summed E-state index contributed by atoms with van der Waals surface area (Å²) in [6.07, 6.45) is 8.21. The summed E-state index contributed by atoms with van der Waals surface area (Å²) in [5.74, 6) is 2.03. The van der Waals surface area contributed by atoms with E-state index in [4.69, 9.17) is 4.42 Å². The van der Waals surface area contributed by atoms with Gasteiger partial charge in [0.05, 0.1) is 6.04 Å². The molecule has 1 atom stereocenters. The van der Waals surface area contributed by atoms with Gasteiger partial charge in [-0.15, -0.1) is 0 Å². The third-order valence-electron chi connectivity index (χ3n) is 4.79. The summed E-state index contributed by atoms with van der Waals surface area (Å²) in [7, 11) is 2.04. The molecule has 3 rings (SSSR count). The van der Waals surface area contributed by atoms with E-state index >= 15 is 0 Å². The molecule has 0 aliphatic heterocycles. The van der Waals surface area contributed by atoms with E-state index in [0.717, 1.165) is 17.3 Å². The summed E-state index contributed by atoms with van der Waals surface area (Å²) < 4.78 is 6.10. The van der Waals surface area contributed by atoms with Crippen LogP contribution >= 0.6 is 0 Å². The van der Waals surface area contributed by atoms with Crippen molar-refractivity contribution < 1.29 is 4.42 Å². The van der Waals surface area contributed by atoms with E-state index in [1.807, 2.05) is 7.05 Å². The van der Waals surface area contributed by atoms with Gasteiger partial charge >= 0.3 is 0 Å². The molecule has 0 spiro atoms. The van der Waals surface area contributed by atoms with Crippen molar-refractivity contribution in [2.24, 2.45) is 5.92 Å². The van der Waals surface area contributed by atoms with Crippen LogP contribution in [0.25, 0.3) is 11.0 Å². The first-order valence-electron chi connectivity index (χ1n) is 7.94. The van der Waals surface area contributed by atoms with Crippen molar-refractivity contribution in [3.05, 3.63) is 35.6 Å². The number of furan rings is 1. The Bertz CT molecular complexity index is 566. The van der Waals surface area contributed by atoms with E-state index in [1.165, 1.54) is 49.5 Å². The topological polar surface area (TPSA) is 25.2 Å². The zero-order valence-electron chi connectivity index (χ0n) is 12.6. The zero-order chi connectivity index (χ0) is 13.9. The van der Waals surface area contributed by atoms with Gasteiger partial charge < -0.3 is 9.73 Å². The molecule has 0 amide bonds. The Hall–Kier alpha value is -1.28. The maximum absolute atomic E-state index is 6.10. The lowest BCUT2D eigenvalue weighted by atomic mass is 9.97. The third-order valence-corrected chi connectivity index (χ3v) is 4.79. The molecule has 1 aliphatic rings. The van der Waals surface area contributed by atoms with Crippen molar-refractivity contribution in [1.29, 1.82) is 0 Å². The van der Waals surface area contributed by atoms with Crippen LogP contribution < -0.4 is 5.32 Å². The summed E-state index contributed by atoms with van der Waals surface area (Å²) in [4.78, 5) is 0. The van der Waals surface area contributed by atoms with Crippen LogP contribution in [0, 0.1) is 12.8 Å². The maximum Gasteiger partial charge on any atom is 0.137 e. The van der Waals surface area contributed by atoms with E-state index in [-0.39, 0.29) is 0 Å². The largest absolute Gasteiger partial charge is 0.459 e. The number of benzene rings is 1. The smallest absolute Gasteiger partial charge is 0.137 e. The number of fused-ring (bicyclic) bond motifs is 1. The van der Waals surface area contributed by atoms with Gasteiger partial charge in [0.15, 0.2) is 0 Å². The monoisotopic (exact) mass is 271 g/mol. The van der Waals surface area contributed by atoms with E-state index < -0.39 is 0 Å². The van der Waals surface area contributed by atoms with Crippen LogP contribution in [-0.4, -0.2) is 7.05 Å².